The summed E-state index contributed by atoms with van der Waals surface area (Å²) in [4.78, 5) is 20.0. The van der Waals surface area contributed by atoms with Crippen LogP contribution in [0, 0.1) is 4.91 Å². The van der Waals surface area contributed by atoms with Crippen LogP contribution in [0.3, 0.4) is 0 Å². The maximum Gasteiger partial charge on any atom is 0.242 e. The zero-order valence-electron chi connectivity index (χ0n) is 5.07. The second-order valence-corrected chi connectivity index (χ2v) is 1.45. The van der Waals surface area contributed by atoms with Gasteiger partial charge in [0.25, 0.3) is 0 Å². The van der Waals surface area contributed by atoms with Crippen LogP contribution in [0.4, 0.5) is 0 Å². The van der Waals surface area contributed by atoms with Crippen molar-refractivity contribution in [1.82, 2.24) is 5.01 Å². The van der Waals surface area contributed by atoms with E-state index in [1.807, 2.05) is 0 Å². The molecule has 0 aromatic heterocycles. The highest BCUT2D eigenvalue weighted by Crippen LogP contribution is 1.86. The van der Waals surface area contributed by atoms with E-state index in [1.165, 1.54) is 6.92 Å². The minimum Gasteiger partial charge on any atom is -0.394 e. The smallest absolute Gasteiger partial charge is 0.242 e. The van der Waals surface area contributed by atoms with Crippen LogP contribution in [0.15, 0.2) is 5.29 Å². The van der Waals surface area contributed by atoms with Gasteiger partial charge in [0.2, 0.25) is 5.91 Å². The number of amides is 1. The van der Waals surface area contributed by atoms with Gasteiger partial charge in [-0.2, -0.15) is 5.01 Å². The van der Waals surface area contributed by atoms with Crippen LogP contribution in [0.5, 0.6) is 0 Å². The first-order chi connectivity index (χ1) is 4.22. The van der Waals surface area contributed by atoms with Crippen LogP contribution in [-0.4, -0.2) is 29.2 Å². The van der Waals surface area contributed by atoms with E-state index in [1.54, 1.807) is 0 Å². The molecule has 0 aromatic carbocycles. The maximum atomic E-state index is 10.3. The Kier molecular flexibility index (Phi) is 3.54. The van der Waals surface area contributed by atoms with Gasteiger partial charge in [0, 0.05) is 6.92 Å². The molecule has 0 spiro atoms. The molecule has 1 amide bonds. The van der Waals surface area contributed by atoms with Crippen molar-refractivity contribution in [2.45, 2.75) is 6.92 Å². The molecule has 0 radical (unpaired) electrons. The Hall–Kier alpha value is -0.970. The van der Waals surface area contributed by atoms with Gasteiger partial charge in [0.15, 0.2) is 0 Å². The first-order valence-corrected chi connectivity index (χ1v) is 2.44. The summed E-state index contributed by atoms with van der Waals surface area (Å²) in [6.45, 7) is 0.932. The minimum absolute atomic E-state index is 0.0289. The molecule has 0 rings (SSSR count). The predicted molar refractivity (Wildman–Crippen MR) is 30.3 cm³/mol. The number of rotatable bonds is 3. The summed E-state index contributed by atoms with van der Waals surface area (Å²) in [5.74, 6) is -0.459. The maximum absolute atomic E-state index is 10.3. The summed E-state index contributed by atoms with van der Waals surface area (Å²) >= 11 is 0. The summed E-state index contributed by atoms with van der Waals surface area (Å²) in [6, 6.07) is 0. The van der Waals surface area contributed by atoms with E-state index in [0.29, 0.717) is 5.01 Å². The highest BCUT2D eigenvalue weighted by Gasteiger charge is 2.05. The number of aliphatic hydroxyl groups is 1. The molecular weight excluding hydrogens is 124 g/mol. The number of nitrogens with zero attached hydrogens (tertiary/aromatic N) is 2. The molecule has 9 heavy (non-hydrogen) atoms. The van der Waals surface area contributed by atoms with E-state index in [-0.39, 0.29) is 13.2 Å². The molecule has 0 bridgehead atoms. The molecule has 0 atom stereocenters. The quantitative estimate of drug-likeness (QED) is 0.416. The summed E-state index contributed by atoms with van der Waals surface area (Å²) in [5.41, 5.74) is 0. The highest BCUT2D eigenvalue weighted by molar-refractivity contribution is 5.72. The average Bonchev–Trinajstić information content (AvgIpc) is 1.82. The third-order valence-electron chi connectivity index (χ3n) is 0.774. The van der Waals surface area contributed by atoms with Crippen molar-refractivity contribution in [2.24, 2.45) is 5.29 Å². The predicted octanol–water partition coefficient (Wildman–Crippen LogP) is -0.491. The van der Waals surface area contributed by atoms with E-state index < -0.39 is 5.91 Å². The van der Waals surface area contributed by atoms with Crippen molar-refractivity contribution in [3.63, 3.8) is 0 Å². The van der Waals surface area contributed by atoms with Crippen LogP contribution in [0.2, 0.25) is 0 Å². The van der Waals surface area contributed by atoms with E-state index >= 15 is 0 Å². The van der Waals surface area contributed by atoms with Gasteiger partial charge in [-0.05, 0) is 0 Å². The topological polar surface area (TPSA) is 70.0 Å². The fourth-order valence-electron chi connectivity index (χ4n) is 0.350. The first kappa shape index (κ1) is 8.03. The van der Waals surface area contributed by atoms with Crippen molar-refractivity contribution in [1.29, 1.82) is 0 Å². The minimum atomic E-state index is -0.459. The number of carbonyl (C=O) groups is 1. The molecule has 0 aliphatic heterocycles. The van der Waals surface area contributed by atoms with Crippen LogP contribution >= 0.6 is 0 Å². The van der Waals surface area contributed by atoms with Crippen molar-refractivity contribution in [3.8, 4) is 0 Å². The Morgan fingerprint density at radius 2 is 2.33 bits per heavy atom. The Bertz CT molecular complexity index is 114. The molecule has 0 saturated heterocycles. The normalized spacial score (nSPS) is 8.67. The lowest BCUT2D eigenvalue weighted by Crippen LogP contribution is -2.25. The van der Waals surface area contributed by atoms with Crippen LogP contribution < -0.4 is 0 Å². The molecule has 1 N–H and O–H groups in total. The first-order valence-electron chi connectivity index (χ1n) is 2.44. The van der Waals surface area contributed by atoms with Gasteiger partial charge < -0.3 is 5.11 Å². The zero-order valence-corrected chi connectivity index (χ0v) is 5.07. The molecule has 0 fully saturated rings. The molecule has 0 heterocycles. The fourth-order valence-corrected chi connectivity index (χ4v) is 0.350. The van der Waals surface area contributed by atoms with Crippen LogP contribution in [-0.2, 0) is 4.79 Å². The molecule has 52 valence electrons. The van der Waals surface area contributed by atoms with Crippen molar-refractivity contribution >= 4 is 5.91 Å². The summed E-state index contributed by atoms with van der Waals surface area (Å²) in [5, 5.41) is 11.2. The van der Waals surface area contributed by atoms with Gasteiger partial charge >= 0.3 is 0 Å². The molecule has 0 aliphatic rings. The average molecular weight is 132 g/mol. The van der Waals surface area contributed by atoms with Crippen molar-refractivity contribution < 1.29 is 9.90 Å². The molecule has 0 saturated carbocycles. The number of nitroso groups, excluding NO2 is 1. The molecule has 5 heteroatoms. The van der Waals surface area contributed by atoms with Crippen LogP contribution in [0.1, 0.15) is 6.92 Å². The van der Waals surface area contributed by atoms with Gasteiger partial charge in [0.05, 0.1) is 18.4 Å². The number of carbonyl (C=O) groups excluding carboxylic acids is 1. The van der Waals surface area contributed by atoms with E-state index in [4.69, 9.17) is 5.11 Å². The summed E-state index contributed by atoms with van der Waals surface area (Å²) < 4.78 is 0. The van der Waals surface area contributed by atoms with Crippen LogP contribution in [0.25, 0.3) is 0 Å². The Morgan fingerprint density at radius 1 is 1.78 bits per heavy atom. The van der Waals surface area contributed by atoms with Gasteiger partial charge in [-0.1, -0.05) is 0 Å². The second kappa shape index (κ2) is 3.96. The SMILES string of the molecule is CC(=O)N(CCO)N=O. The van der Waals surface area contributed by atoms with Crippen molar-refractivity contribution in [2.75, 3.05) is 13.2 Å². The molecule has 0 aliphatic carbocycles. The Morgan fingerprint density at radius 3 is 2.44 bits per heavy atom. The molecule has 5 nitrogen and oxygen atoms in total. The standard InChI is InChI=1S/C4H8N2O3/c1-4(8)6(5-9)2-3-7/h7H,2-3H2,1H3. The lowest BCUT2D eigenvalue weighted by atomic mass is 10.6. The van der Waals surface area contributed by atoms with E-state index in [2.05, 4.69) is 5.29 Å². The van der Waals surface area contributed by atoms with Gasteiger partial charge in [-0.3, -0.25) is 4.79 Å². The van der Waals surface area contributed by atoms with E-state index in [0.717, 1.165) is 0 Å². The lowest BCUT2D eigenvalue weighted by Gasteiger charge is -2.06. The summed E-state index contributed by atoms with van der Waals surface area (Å²) in [6.07, 6.45) is 0. The Balaban J connectivity index is 3.68. The molecular formula is C4H8N2O3. The van der Waals surface area contributed by atoms with Gasteiger partial charge in [-0.25, -0.2) is 0 Å². The molecule has 0 aromatic rings. The highest BCUT2D eigenvalue weighted by atomic mass is 16.3. The number of hydrogen-bond acceptors (Lipinski definition) is 4. The zero-order chi connectivity index (χ0) is 7.28. The van der Waals surface area contributed by atoms with Gasteiger partial charge in [0.1, 0.15) is 0 Å². The third-order valence-corrected chi connectivity index (χ3v) is 0.774. The van der Waals surface area contributed by atoms with Crippen molar-refractivity contribution in [3.05, 3.63) is 4.91 Å². The van der Waals surface area contributed by atoms with Gasteiger partial charge in [-0.15, -0.1) is 4.91 Å². The number of aliphatic hydroxyl groups excluding tert-OH is 1. The largest absolute Gasteiger partial charge is 0.394 e. The molecule has 0 unspecified atom stereocenters. The lowest BCUT2D eigenvalue weighted by molar-refractivity contribution is -0.129. The summed E-state index contributed by atoms with van der Waals surface area (Å²) in [7, 11) is 0. The van der Waals surface area contributed by atoms with E-state index in [9.17, 15) is 9.70 Å². The monoisotopic (exact) mass is 132 g/mol. The number of hydrogen-bond donors (Lipinski definition) is 1. The second-order valence-electron chi connectivity index (χ2n) is 1.45. The Labute approximate surface area is 52.2 Å². The third kappa shape index (κ3) is 2.76. The fraction of sp³-hybridized carbons (Fsp3) is 0.750.